The van der Waals surface area contributed by atoms with Crippen LogP contribution in [0.1, 0.15) is 31.4 Å². The number of benzene rings is 1. The van der Waals surface area contributed by atoms with E-state index in [4.69, 9.17) is 4.74 Å². The first-order valence-electron chi connectivity index (χ1n) is 6.92. The smallest absolute Gasteiger partial charge is 0.131 e. The Hall–Kier alpha value is -1.04. The third-order valence-electron chi connectivity index (χ3n) is 3.92. The largest absolute Gasteiger partial charge is 0.387 e. The summed E-state index contributed by atoms with van der Waals surface area (Å²) in [4.78, 5) is 0. The van der Waals surface area contributed by atoms with Crippen LogP contribution in [0.3, 0.4) is 0 Å². The molecule has 2 N–H and O–H groups in total. The molecule has 112 valence electrons. The fourth-order valence-corrected chi connectivity index (χ4v) is 2.48. The van der Waals surface area contributed by atoms with E-state index in [9.17, 15) is 13.9 Å². The molecule has 0 spiro atoms. The lowest BCUT2D eigenvalue weighted by atomic mass is 9.82. The summed E-state index contributed by atoms with van der Waals surface area (Å²) in [6.45, 7) is 4.46. The lowest BCUT2D eigenvalue weighted by Crippen LogP contribution is -2.38. The standard InChI is InChI=1S/C15H21F2NO2/c1-15(5-7-20-8-6-15)10-18-9-13(19)14-11(16)3-2-4-12(14)17/h2-4,13,18-19H,5-10H2,1H3. The highest BCUT2D eigenvalue weighted by Gasteiger charge is 2.27. The van der Waals surface area contributed by atoms with Gasteiger partial charge in [0.2, 0.25) is 0 Å². The average Bonchev–Trinajstić information content (AvgIpc) is 2.39. The molecule has 0 radical (unpaired) electrons. The number of hydrogen-bond acceptors (Lipinski definition) is 3. The van der Waals surface area contributed by atoms with Crippen LogP contribution >= 0.6 is 0 Å². The number of nitrogens with one attached hydrogen (secondary N) is 1. The van der Waals surface area contributed by atoms with Crippen LogP contribution < -0.4 is 5.32 Å². The lowest BCUT2D eigenvalue weighted by molar-refractivity contribution is 0.0226. The molecular formula is C15H21F2NO2. The minimum atomic E-state index is -1.18. The summed E-state index contributed by atoms with van der Waals surface area (Å²) in [6, 6.07) is 3.60. The molecule has 1 unspecified atom stereocenters. The van der Waals surface area contributed by atoms with E-state index in [2.05, 4.69) is 12.2 Å². The molecule has 1 heterocycles. The number of ether oxygens (including phenoxy) is 1. The summed E-state index contributed by atoms with van der Waals surface area (Å²) in [5.41, 5.74) is -0.150. The fourth-order valence-electron chi connectivity index (χ4n) is 2.48. The predicted octanol–water partition coefficient (Wildman–Crippen LogP) is 2.40. The fraction of sp³-hybridized carbons (Fsp3) is 0.600. The number of hydrogen-bond donors (Lipinski definition) is 2. The molecule has 20 heavy (non-hydrogen) atoms. The van der Waals surface area contributed by atoms with E-state index >= 15 is 0 Å². The second-order valence-electron chi connectivity index (χ2n) is 5.71. The Morgan fingerprint density at radius 1 is 1.30 bits per heavy atom. The molecule has 1 fully saturated rings. The van der Waals surface area contributed by atoms with Gasteiger partial charge in [-0.1, -0.05) is 13.0 Å². The van der Waals surface area contributed by atoms with E-state index in [0.29, 0.717) is 6.54 Å². The summed E-state index contributed by atoms with van der Waals surface area (Å²) in [5, 5.41) is 13.0. The van der Waals surface area contributed by atoms with Gasteiger partial charge in [-0.2, -0.15) is 0 Å². The van der Waals surface area contributed by atoms with Gasteiger partial charge in [-0.3, -0.25) is 0 Å². The first-order chi connectivity index (χ1) is 9.52. The maximum atomic E-state index is 13.5. The van der Waals surface area contributed by atoms with Crippen LogP contribution in [0.25, 0.3) is 0 Å². The van der Waals surface area contributed by atoms with Gasteiger partial charge in [0.25, 0.3) is 0 Å². The summed E-state index contributed by atoms with van der Waals surface area (Å²) >= 11 is 0. The average molecular weight is 285 g/mol. The van der Waals surface area contributed by atoms with Gasteiger partial charge >= 0.3 is 0 Å². The zero-order valence-electron chi connectivity index (χ0n) is 11.7. The van der Waals surface area contributed by atoms with Crippen LogP contribution in [-0.2, 0) is 4.74 Å². The Morgan fingerprint density at radius 2 is 1.90 bits per heavy atom. The molecule has 1 aliphatic heterocycles. The minimum Gasteiger partial charge on any atom is -0.387 e. The normalized spacial score (nSPS) is 19.8. The van der Waals surface area contributed by atoms with Crippen LogP contribution in [0.4, 0.5) is 8.78 Å². The number of aliphatic hydroxyl groups excluding tert-OH is 1. The molecule has 0 saturated carbocycles. The van der Waals surface area contributed by atoms with E-state index in [1.807, 2.05) is 0 Å². The highest BCUT2D eigenvalue weighted by Crippen LogP contribution is 2.29. The Balaban J connectivity index is 1.87. The Kier molecular flexibility index (Phi) is 5.07. The molecule has 1 saturated heterocycles. The molecule has 0 aromatic heterocycles. The van der Waals surface area contributed by atoms with Crippen molar-refractivity contribution in [3.05, 3.63) is 35.4 Å². The van der Waals surface area contributed by atoms with Crippen molar-refractivity contribution in [3.63, 3.8) is 0 Å². The molecule has 3 nitrogen and oxygen atoms in total. The molecule has 1 aliphatic rings. The van der Waals surface area contributed by atoms with Gasteiger partial charge in [0, 0.05) is 26.3 Å². The quantitative estimate of drug-likeness (QED) is 0.873. The van der Waals surface area contributed by atoms with Gasteiger partial charge in [-0.25, -0.2) is 8.78 Å². The van der Waals surface area contributed by atoms with Gasteiger partial charge in [0.15, 0.2) is 0 Å². The predicted molar refractivity (Wildman–Crippen MR) is 72.3 cm³/mol. The van der Waals surface area contributed by atoms with Gasteiger partial charge in [0.1, 0.15) is 11.6 Å². The van der Waals surface area contributed by atoms with Crippen molar-refractivity contribution in [1.82, 2.24) is 5.32 Å². The number of halogens is 2. The van der Waals surface area contributed by atoms with Crippen LogP contribution in [-0.4, -0.2) is 31.4 Å². The summed E-state index contributed by atoms with van der Waals surface area (Å²) < 4.78 is 32.3. The van der Waals surface area contributed by atoms with Crippen LogP contribution in [0.15, 0.2) is 18.2 Å². The van der Waals surface area contributed by atoms with Gasteiger partial charge in [-0.15, -0.1) is 0 Å². The van der Waals surface area contributed by atoms with Gasteiger partial charge in [-0.05, 0) is 30.4 Å². The zero-order chi connectivity index (χ0) is 14.6. The Morgan fingerprint density at radius 3 is 2.50 bits per heavy atom. The summed E-state index contributed by atoms with van der Waals surface area (Å²) in [5.74, 6) is -1.42. The first kappa shape index (κ1) is 15.4. The third-order valence-corrected chi connectivity index (χ3v) is 3.92. The van der Waals surface area contributed by atoms with Crippen LogP contribution in [0.5, 0.6) is 0 Å². The van der Waals surface area contributed by atoms with Crippen LogP contribution in [0.2, 0.25) is 0 Å². The van der Waals surface area contributed by atoms with Crippen molar-refractivity contribution in [2.75, 3.05) is 26.3 Å². The van der Waals surface area contributed by atoms with E-state index in [-0.39, 0.29) is 17.5 Å². The second-order valence-corrected chi connectivity index (χ2v) is 5.71. The van der Waals surface area contributed by atoms with Crippen molar-refractivity contribution in [1.29, 1.82) is 0 Å². The molecule has 1 atom stereocenters. The highest BCUT2D eigenvalue weighted by atomic mass is 19.1. The maximum absolute atomic E-state index is 13.5. The first-order valence-corrected chi connectivity index (χ1v) is 6.92. The van der Waals surface area contributed by atoms with Gasteiger partial charge < -0.3 is 15.2 Å². The van der Waals surface area contributed by atoms with E-state index in [1.165, 1.54) is 6.07 Å². The maximum Gasteiger partial charge on any atom is 0.131 e. The number of aliphatic hydroxyl groups is 1. The molecular weight excluding hydrogens is 264 g/mol. The summed E-state index contributed by atoms with van der Waals surface area (Å²) in [6.07, 6.45) is 0.716. The molecule has 2 rings (SSSR count). The Labute approximate surface area is 117 Å². The van der Waals surface area contributed by atoms with E-state index in [1.54, 1.807) is 0 Å². The molecule has 5 heteroatoms. The monoisotopic (exact) mass is 285 g/mol. The number of rotatable bonds is 5. The molecule has 0 bridgehead atoms. The second kappa shape index (κ2) is 6.61. The highest BCUT2D eigenvalue weighted by molar-refractivity contribution is 5.22. The lowest BCUT2D eigenvalue weighted by Gasteiger charge is -2.34. The minimum absolute atomic E-state index is 0.117. The van der Waals surface area contributed by atoms with Gasteiger partial charge in [0.05, 0.1) is 11.7 Å². The van der Waals surface area contributed by atoms with Crippen molar-refractivity contribution in [3.8, 4) is 0 Å². The Bertz CT molecular complexity index is 427. The van der Waals surface area contributed by atoms with Crippen molar-refractivity contribution >= 4 is 0 Å². The van der Waals surface area contributed by atoms with Crippen molar-refractivity contribution < 1.29 is 18.6 Å². The van der Waals surface area contributed by atoms with E-state index < -0.39 is 17.7 Å². The topological polar surface area (TPSA) is 41.5 Å². The van der Waals surface area contributed by atoms with E-state index in [0.717, 1.165) is 38.2 Å². The molecule has 0 amide bonds. The molecule has 0 aliphatic carbocycles. The SMILES string of the molecule is CC1(CNCC(O)c2c(F)cccc2F)CCOCC1. The summed E-state index contributed by atoms with van der Waals surface area (Å²) in [7, 11) is 0. The molecule has 1 aromatic carbocycles. The van der Waals surface area contributed by atoms with Crippen molar-refractivity contribution in [2.45, 2.75) is 25.9 Å². The zero-order valence-corrected chi connectivity index (χ0v) is 11.7. The van der Waals surface area contributed by atoms with Crippen molar-refractivity contribution in [2.24, 2.45) is 5.41 Å². The molecule has 1 aromatic rings. The van der Waals surface area contributed by atoms with Crippen LogP contribution in [0, 0.1) is 17.0 Å². The third kappa shape index (κ3) is 3.75.